The minimum atomic E-state index is -0.463. The fraction of sp³-hybridized carbons (Fsp3) is 0.238. The fourth-order valence-electron chi connectivity index (χ4n) is 3.50. The molecule has 1 saturated heterocycles. The molecule has 4 rings (SSSR count). The maximum Gasteiger partial charge on any atom is 0.270 e. The summed E-state index contributed by atoms with van der Waals surface area (Å²) < 4.78 is 5.96. The van der Waals surface area contributed by atoms with Crippen molar-refractivity contribution in [3.05, 3.63) is 62.5 Å². The number of non-ortho nitro benzene ring substituents is 1. The number of thiophene rings is 1. The largest absolute Gasteiger partial charge is 0.495 e. The second-order valence-electron chi connectivity index (χ2n) is 7.09. The van der Waals surface area contributed by atoms with Gasteiger partial charge in [-0.1, -0.05) is 23.7 Å². The first kappa shape index (κ1) is 22.3. The Hall–Kier alpha value is -2.95. The first-order valence-electron chi connectivity index (χ1n) is 9.73. The summed E-state index contributed by atoms with van der Waals surface area (Å²) in [4.78, 5) is 27.8. The van der Waals surface area contributed by atoms with Crippen LogP contribution in [0.4, 0.5) is 11.4 Å². The number of amides is 1. The average Bonchev–Trinajstić information content (AvgIpc) is 3.14. The van der Waals surface area contributed by atoms with E-state index in [0.717, 1.165) is 5.69 Å². The van der Waals surface area contributed by atoms with E-state index in [1.165, 1.54) is 23.5 Å². The smallest absolute Gasteiger partial charge is 0.270 e. The van der Waals surface area contributed by atoms with E-state index in [1.807, 2.05) is 29.2 Å². The average molecular weight is 491 g/mol. The highest BCUT2D eigenvalue weighted by molar-refractivity contribution is 7.80. The number of nitro benzene ring substituents is 1. The third-order valence-electron chi connectivity index (χ3n) is 5.22. The highest BCUT2D eigenvalue weighted by Crippen LogP contribution is 2.38. The van der Waals surface area contributed by atoms with Gasteiger partial charge in [0.15, 0.2) is 5.11 Å². The van der Waals surface area contributed by atoms with Gasteiger partial charge in [-0.2, -0.15) is 0 Å². The van der Waals surface area contributed by atoms with Crippen molar-refractivity contribution in [2.24, 2.45) is 0 Å². The van der Waals surface area contributed by atoms with Crippen LogP contribution in [0.25, 0.3) is 10.1 Å². The van der Waals surface area contributed by atoms with E-state index in [1.54, 1.807) is 18.1 Å². The number of ether oxygens (including phenoxy) is 1. The highest BCUT2D eigenvalue weighted by atomic mass is 35.5. The Morgan fingerprint density at radius 3 is 2.56 bits per heavy atom. The molecule has 1 N–H and O–H groups in total. The van der Waals surface area contributed by atoms with Crippen molar-refractivity contribution in [2.45, 2.75) is 0 Å². The third kappa shape index (κ3) is 4.34. The lowest BCUT2D eigenvalue weighted by Gasteiger charge is -2.36. The number of nitrogens with one attached hydrogen (secondary N) is 1. The lowest BCUT2D eigenvalue weighted by Crippen LogP contribution is -2.51. The van der Waals surface area contributed by atoms with Crippen molar-refractivity contribution in [3.63, 3.8) is 0 Å². The van der Waals surface area contributed by atoms with Gasteiger partial charge in [-0.05, 0) is 30.4 Å². The quantitative estimate of drug-likeness (QED) is 0.324. The van der Waals surface area contributed by atoms with Crippen LogP contribution < -0.4 is 10.1 Å². The molecule has 2 aromatic carbocycles. The number of rotatable bonds is 4. The molecule has 0 saturated carbocycles. The van der Waals surface area contributed by atoms with Crippen LogP contribution in [0.3, 0.4) is 0 Å². The summed E-state index contributed by atoms with van der Waals surface area (Å²) in [7, 11) is 1.60. The van der Waals surface area contributed by atoms with E-state index in [9.17, 15) is 14.9 Å². The number of halogens is 1. The predicted octanol–water partition coefficient (Wildman–Crippen LogP) is 4.63. The second kappa shape index (κ2) is 9.27. The van der Waals surface area contributed by atoms with Gasteiger partial charge in [0, 0.05) is 48.4 Å². The monoisotopic (exact) mass is 490 g/mol. The predicted molar refractivity (Wildman–Crippen MR) is 130 cm³/mol. The summed E-state index contributed by atoms with van der Waals surface area (Å²) >= 11 is 13.2. The molecule has 0 spiro atoms. The molecule has 0 aliphatic carbocycles. The number of nitrogens with zero attached hydrogens (tertiary/aromatic N) is 3. The van der Waals surface area contributed by atoms with E-state index < -0.39 is 4.92 Å². The van der Waals surface area contributed by atoms with Gasteiger partial charge in [-0.3, -0.25) is 14.9 Å². The molecule has 1 fully saturated rings. The van der Waals surface area contributed by atoms with Crippen molar-refractivity contribution in [1.82, 2.24) is 9.80 Å². The van der Waals surface area contributed by atoms with Crippen molar-refractivity contribution in [3.8, 4) is 5.75 Å². The van der Waals surface area contributed by atoms with Gasteiger partial charge in [0.25, 0.3) is 11.6 Å². The van der Waals surface area contributed by atoms with Crippen LogP contribution in [0, 0.1) is 10.1 Å². The van der Waals surface area contributed by atoms with Crippen LogP contribution in [-0.4, -0.2) is 59.0 Å². The van der Waals surface area contributed by atoms with E-state index in [-0.39, 0.29) is 11.6 Å². The summed E-state index contributed by atoms with van der Waals surface area (Å²) in [6.45, 7) is 2.11. The zero-order valence-electron chi connectivity index (χ0n) is 17.0. The topological polar surface area (TPSA) is 88.0 Å². The zero-order chi connectivity index (χ0) is 22.8. The van der Waals surface area contributed by atoms with Gasteiger partial charge < -0.3 is 19.9 Å². The molecular formula is C21H19ClN4O4S2. The van der Waals surface area contributed by atoms with Gasteiger partial charge in [-0.25, -0.2) is 0 Å². The van der Waals surface area contributed by atoms with Gasteiger partial charge in [0.2, 0.25) is 0 Å². The number of para-hydroxylation sites is 2. The summed E-state index contributed by atoms with van der Waals surface area (Å²) in [6, 6.07) is 11.9. The third-order valence-corrected chi connectivity index (χ3v) is 7.23. The van der Waals surface area contributed by atoms with E-state index >= 15 is 0 Å². The molecule has 1 aliphatic rings. The first-order valence-corrected chi connectivity index (χ1v) is 11.3. The van der Waals surface area contributed by atoms with Gasteiger partial charge >= 0.3 is 0 Å². The molecule has 1 aliphatic heterocycles. The number of hydrogen-bond donors (Lipinski definition) is 1. The minimum Gasteiger partial charge on any atom is -0.495 e. The van der Waals surface area contributed by atoms with E-state index in [4.69, 9.17) is 28.6 Å². The van der Waals surface area contributed by atoms with Crippen LogP contribution >= 0.6 is 35.2 Å². The zero-order valence-corrected chi connectivity index (χ0v) is 19.4. The molecular weight excluding hydrogens is 472 g/mol. The van der Waals surface area contributed by atoms with Crippen molar-refractivity contribution in [1.29, 1.82) is 0 Å². The maximum absolute atomic E-state index is 13.1. The molecule has 0 atom stereocenters. The number of carbonyl (C=O) groups is 1. The Morgan fingerprint density at radius 1 is 1.19 bits per heavy atom. The van der Waals surface area contributed by atoms with Crippen LogP contribution in [0.15, 0.2) is 42.5 Å². The lowest BCUT2D eigenvalue weighted by molar-refractivity contribution is -0.384. The summed E-state index contributed by atoms with van der Waals surface area (Å²) in [5.41, 5.74) is 0.753. The molecule has 0 unspecified atom stereocenters. The van der Waals surface area contributed by atoms with Crippen LogP contribution in [0.2, 0.25) is 5.02 Å². The lowest BCUT2D eigenvalue weighted by atomic mass is 10.2. The number of thiocarbonyl (C=S) groups is 1. The number of anilines is 1. The number of carbonyl (C=O) groups excluding carboxylic acids is 1. The first-order chi connectivity index (χ1) is 15.4. The van der Waals surface area contributed by atoms with Gasteiger partial charge in [-0.15, -0.1) is 11.3 Å². The summed E-state index contributed by atoms with van der Waals surface area (Å²) in [5, 5.41) is 15.8. The molecule has 0 radical (unpaired) electrons. The molecule has 0 bridgehead atoms. The summed E-state index contributed by atoms with van der Waals surface area (Å²) in [6.07, 6.45) is 0. The Balaban J connectivity index is 1.43. The molecule has 1 aromatic heterocycles. The van der Waals surface area contributed by atoms with Gasteiger partial charge in [0.1, 0.15) is 10.6 Å². The summed E-state index contributed by atoms with van der Waals surface area (Å²) in [5.74, 6) is 0.519. The molecule has 2 heterocycles. The Morgan fingerprint density at radius 2 is 1.88 bits per heavy atom. The molecule has 166 valence electrons. The van der Waals surface area contributed by atoms with Crippen LogP contribution in [0.1, 0.15) is 9.67 Å². The Kier molecular flexibility index (Phi) is 6.45. The van der Waals surface area contributed by atoms with Crippen molar-refractivity contribution >= 4 is 67.6 Å². The Labute approximate surface area is 198 Å². The number of fused-ring (bicyclic) bond motifs is 1. The van der Waals surface area contributed by atoms with Crippen molar-refractivity contribution in [2.75, 3.05) is 38.6 Å². The van der Waals surface area contributed by atoms with Crippen molar-refractivity contribution < 1.29 is 14.5 Å². The second-order valence-corrected chi connectivity index (χ2v) is 8.91. The number of methoxy groups -OCH3 is 1. The molecule has 11 heteroatoms. The van der Waals surface area contributed by atoms with E-state index in [0.29, 0.717) is 57.0 Å². The molecule has 3 aromatic rings. The minimum absolute atomic E-state index is 0.0286. The number of nitro groups is 1. The fourth-order valence-corrected chi connectivity index (χ4v) is 5.31. The maximum atomic E-state index is 13.1. The molecule has 32 heavy (non-hydrogen) atoms. The number of piperazine rings is 1. The SMILES string of the molecule is COc1ccccc1NC(=S)N1CCN(C(=O)c2sc3cc([N+](=O)[O-])ccc3c2Cl)CC1. The highest BCUT2D eigenvalue weighted by Gasteiger charge is 2.27. The standard InChI is InChI=1S/C21H19ClN4O4S2/c1-30-16-5-3-2-4-15(16)23-21(31)25-10-8-24(9-11-25)20(27)19-18(22)14-7-6-13(26(28)29)12-17(14)32-19/h2-7,12H,8-11H2,1H3,(H,23,31). The van der Waals surface area contributed by atoms with Gasteiger partial charge in [0.05, 0.1) is 22.7 Å². The molecule has 1 amide bonds. The Bertz CT molecular complexity index is 1210. The number of benzene rings is 2. The molecule has 8 nitrogen and oxygen atoms in total. The number of hydrogen-bond acceptors (Lipinski definition) is 6. The van der Waals surface area contributed by atoms with Crippen LogP contribution in [-0.2, 0) is 0 Å². The van der Waals surface area contributed by atoms with Crippen LogP contribution in [0.5, 0.6) is 5.75 Å². The van der Waals surface area contributed by atoms with E-state index in [2.05, 4.69) is 5.32 Å². The normalized spacial score (nSPS) is 13.8.